The van der Waals surface area contributed by atoms with Gasteiger partial charge in [-0.05, 0) is 58.6 Å². The Balaban J connectivity index is 1.98. The van der Waals surface area contributed by atoms with Crippen LogP contribution in [0, 0.1) is 0 Å². The van der Waals surface area contributed by atoms with Crippen molar-refractivity contribution in [2.75, 3.05) is 32.5 Å². The highest BCUT2D eigenvalue weighted by molar-refractivity contribution is 5.92. The smallest absolute Gasteiger partial charge is 0.272 e. The largest absolute Gasteiger partial charge is 0.384 e. The van der Waals surface area contributed by atoms with Gasteiger partial charge in [-0.25, -0.2) is 4.98 Å². The summed E-state index contributed by atoms with van der Waals surface area (Å²) in [5.41, 5.74) is 2.54. The molecule has 0 aliphatic rings. The van der Waals surface area contributed by atoms with Crippen molar-refractivity contribution >= 4 is 11.6 Å². The lowest BCUT2D eigenvalue weighted by atomic mass is 10.1. The van der Waals surface area contributed by atoms with Gasteiger partial charge in [-0.3, -0.25) is 4.79 Å². The fourth-order valence-corrected chi connectivity index (χ4v) is 2.67. The van der Waals surface area contributed by atoms with Gasteiger partial charge in [0.05, 0.1) is 11.9 Å². The van der Waals surface area contributed by atoms with E-state index in [2.05, 4.69) is 29.3 Å². The second kappa shape index (κ2) is 9.92. The summed E-state index contributed by atoms with van der Waals surface area (Å²) in [7, 11) is 4.13. The zero-order chi connectivity index (χ0) is 18.9. The average Bonchev–Trinajstić information content (AvgIpc) is 2.64. The Bertz CT molecular complexity index is 668. The van der Waals surface area contributed by atoms with E-state index in [1.54, 1.807) is 12.3 Å². The van der Waals surface area contributed by atoms with Crippen LogP contribution in [0.3, 0.4) is 0 Å². The van der Waals surface area contributed by atoms with Crippen LogP contribution in [-0.4, -0.2) is 53.9 Å². The van der Waals surface area contributed by atoms with Gasteiger partial charge in [0.2, 0.25) is 0 Å². The van der Waals surface area contributed by atoms with Gasteiger partial charge in [0, 0.05) is 19.1 Å². The van der Waals surface area contributed by atoms with Gasteiger partial charge in [0.15, 0.2) is 0 Å². The highest BCUT2D eigenvalue weighted by atomic mass is 16.2. The van der Waals surface area contributed by atoms with Gasteiger partial charge in [-0.2, -0.15) is 0 Å². The third-order valence-corrected chi connectivity index (χ3v) is 4.17. The van der Waals surface area contributed by atoms with Gasteiger partial charge in [-0.15, -0.1) is 0 Å². The van der Waals surface area contributed by atoms with Gasteiger partial charge in [0.1, 0.15) is 5.69 Å². The molecule has 26 heavy (non-hydrogen) atoms. The van der Waals surface area contributed by atoms with Gasteiger partial charge in [0.25, 0.3) is 5.91 Å². The molecule has 0 saturated carbocycles. The van der Waals surface area contributed by atoms with E-state index in [1.807, 2.05) is 55.1 Å². The Labute approximate surface area is 157 Å². The molecule has 1 aromatic carbocycles. The van der Waals surface area contributed by atoms with Crippen molar-refractivity contribution in [3.8, 4) is 0 Å². The number of anilines is 1. The Morgan fingerprint density at radius 1 is 1.12 bits per heavy atom. The van der Waals surface area contributed by atoms with Crippen LogP contribution in [0.15, 0.2) is 48.7 Å². The Kier molecular flexibility index (Phi) is 7.60. The van der Waals surface area contributed by atoms with E-state index in [0.717, 1.165) is 30.8 Å². The number of rotatable bonds is 9. The van der Waals surface area contributed by atoms with E-state index in [-0.39, 0.29) is 11.9 Å². The molecule has 2 rings (SSSR count). The van der Waals surface area contributed by atoms with Gasteiger partial charge < -0.3 is 15.1 Å². The average molecular weight is 354 g/mol. The summed E-state index contributed by atoms with van der Waals surface area (Å²) < 4.78 is 0. The predicted octanol–water partition coefficient (Wildman–Crippen LogP) is 3.50. The number of benzene rings is 1. The lowest BCUT2D eigenvalue weighted by molar-refractivity contribution is 0.0684. The minimum absolute atomic E-state index is 0.0389. The number of nitrogens with zero attached hydrogens (tertiary/aromatic N) is 3. The fraction of sp³-hybridized carbons (Fsp3) is 0.429. The van der Waals surface area contributed by atoms with Crippen LogP contribution < -0.4 is 5.32 Å². The first kappa shape index (κ1) is 19.9. The number of amides is 1. The molecule has 2 aromatic rings. The maximum atomic E-state index is 12.9. The summed E-state index contributed by atoms with van der Waals surface area (Å²) in [4.78, 5) is 21.3. The normalized spacial score (nSPS) is 11.0. The second-order valence-corrected chi connectivity index (χ2v) is 7.03. The van der Waals surface area contributed by atoms with Crippen LogP contribution in [0.25, 0.3) is 0 Å². The molecular formula is C21H30N4O. The standard InChI is InChI=1S/C21H30N4O/c1-17(2)25(16-18-9-6-5-7-10-18)21(26)20-12-11-19(15-23-20)22-13-8-14-24(3)4/h5-7,9-12,15,17,22H,8,13-14,16H2,1-4H3. The second-order valence-electron chi connectivity index (χ2n) is 7.03. The maximum absolute atomic E-state index is 12.9. The third kappa shape index (κ3) is 6.15. The highest BCUT2D eigenvalue weighted by Gasteiger charge is 2.20. The van der Waals surface area contributed by atoms with Crippen molar-refractivity contribution in [3.63, 3.8) is 0 Å². The van der Waals surface area contributed by atoms with Crippen LogP contribution in [0.1, 0.15) is 36.3 Å². The zero-order valence-corrected chi connectivity index (χ0v) is 16.3. The zero-order valence-electron chi connectivity index (χ0n) is 16.3. The molecule has 5 nitrogen and oxygen atoms in total. The molecule has 0 radical (unpaired) electrons. The minimum atomic E-state index is -0.0389. The van der Waals surface area contributed by atoms with Crippen molar-refractivity contribution in [3.05, 3.63) is 59.9 Å². The number of nitrogens with one attached hydrogen (secondary N) is 1. The summed E-state index contributed by atoms with van der Waals surface area (Å²) in [6, 6.07) is 13.9. The Morgan fingerprint density at radius 3 is 2.42 bits per heavy atom. The first-order valence-corrected chi connectivity index (χ1v) is 9.17. The molecule has 5 heteroatoms. The molecule has 0 aliphatic carbocycles. The van der Waals surface area contributed by atoms with Crippen LogP contribution in [0.2, 0.25) is 0 Å². The van der Waals surface area contributed by atoms with E-state index in [4.69, 9.17) is 0 Å². The molecule has 1 aromatic heterocycles. The summed E-state index contributed by atoms with van der Waals surface area (Å²) in [6.07, 6.45) is 2.80. The van der Waals surface area contributed by atoms with Crippen molar-refractivity contribution in [2.24, 2.45) is 0 Å². The Morgan fingerprint density at radius 2 is 1.85 bits per heavy atom. The number of hydrogen-bond donors (Lipinski definition) is 1. The molecule has 0 bridgehead atoms. The van der Waals surface area contributed by atoms with E-state index in [9.17, 15) is 4.79 Å². The van der Waals surface area contributed by atoms with Gasteiger partial charge >= 0.3 is 0 Å². The number of carbonyl (C=O) groups is 1. The topological polar surface area (TPSA) is 48.5 Å². The summed E-state index contributed by atoms with van der Waals surface area (Å²) in [5, 5.41) is 3.34. The first-order valence-electron chi connectivity index (χ1n) is 9.17. The summed E-state index contributed by atoms with van der Waals surface area (Å²) in [6.45, 7) is 6.58. The molecule has 0 spiro atoms. The molecule has 1 amide bonds. The molecule has 0 aliphatic heterocycles. The fourth-order valence-electron chi connectivity index (χ4n) is 2.67. The van der Waals surface area contributed by atoms with Crippen molar-refractivity contribution in [2.45, 2.75) is 32.9 Å². The highest BCUT2D eigenvalue weighted by Crippen LogP contribution is 2.14. The summed E-state index contributed by atoms with van der Waals surface area (Å²) in [5.74, 6) is -0.0389. The number of hydrogen-bond acceptors (Lipinski definition) is 4. The van der Waals surface area contributed by atoms with E-state index in [0.29, 0.717) is 12.2 Å². The quantitative estimate of drug-likeness (QED) is 0.700. The van der Waals surface area contributed by atoms with Crippen LogP contribution in [0.5, 0.6) is 0 Å². The molecule has 0 fully saturated rings. The number of carbonyl (C=O) groups excluding carboxylic acids is 1. The van der Waals surface area contributed by atoms with E-state index in [1.165, 1.54) is 0 Å². The van der Waals surface area contributed by atoms with E-state index < -0.39 is 0 Å². The van der Waals surface area contributed by atoms with Crippen LogP contribution in [0.4, 0.5) is 5.69 Å². The SMILES string of the molecule is CC(C)N(Cc1ccccc1)C(=O)c1ccc(NCCCN(C)C)cn1. The Hall–Kier alpha value is -2.40. The van der Waals surface area contributed by atoms with E-state index >= 15 is 0 Å². The molecule has 1 heterocycles. The third-order valence-electron chi connectivity index (χ3n) is 4.17. The van der Waals surface area contributed by atoms with Crippen LogP contribution >= 0.6 is 0 Å². The first-order chi connectivity index (χ1) is 12.5. The number of pyridine rings is 1. The molecule has 0 atom stereocenters. The lowest BCUT2D eigenvalue weighted by Gasteiger charge is -2.26. The van der Waals surface area contributed by atoms with Crippen molar-refractivity contribution < 1.29 is 4.79 Å². The maximum Gasteiger partial charge on any atom is 0.272 e. The molecule has 0 saturated heterocycles. The minimum Gasteiger partial charge on any atom is -0.384 e. The van der Waals surface area contributed by atoms with Crippen molar-refractivity contribution in [1.29, 1.82) is 0 Å². The van der Waals surface area contributed by atoms with Gasteiger partial charge in [-0.1, -0.05) is 30.3 Å². The molecule has 0 unspecified atom stereocenters. The van der Waals surface area contributed by atoms with Crippen molar-refractivity contribution in [1.82, 2.24) is 14.8 Å². The summed E-state index contributed by atoms with van der Waals surface area (Å²) >= 11 is 0. The molecular weight excluding hydrogens is 324 g/mol. The monoisotopic (exact) mass is 354 g/mol. The predicted molar refractivity (Wildman–Crippen MR) is 107 cm³/mol. The number of aromatic nitrogens is 1. The molecule has 140 valence electrons. The van der Waals surface area contributed by atoms with Crippen LogP contribution in [-0.2, 0) is 6.54 Å². The molecule has 1 N–H and O–H groups in total. The lowest BCUT2D eigenvalue weighted by Crippen LogP contribution is -2.36.